The van der Waals surface area contributed by atoms with Gasteiger partial charge in [-0.1, -0.05) is 62.9 Å². The van der Waals surface area contributed by atoms with Crippen LogP contribution in [0.1, 0.15) is 50.5 Å². The predicted octanol–water partition coefficient (Wildman–Crippen LogP) is 4.16. The normalized spacial score (nSPS) is 13.4. The lowest BCUT2D eigenvalue weighted by Gasteiger charge is -2.18. The zero-order valence-electron chi connectivity index (χ0n) is 12.0. The molecule has 1 aromatic rings. The zero-order chi connectivity index (χ0) is 14.8. The van der Waals surface area contributed by atoms with E-state index in [1.165, 1.54) is 0 Å². The molecule has 0 fully saturated rings. The van der Waals surface area contributed by atoms with Gasteiger partial charge in [0, 0.05) is 4.92 Å². The molecule has 0 aromatic heterocycles. The standard InChI is InChI=1S/C16H22N2O2/c1-2-3-4-6-11-15(12-17)16(13-18(19)20)14-9-7-5-8-10-14/h5,7-10,15-16H,2-4,6,11,13H2,1H3. The third-order valence-corrected chi connectivity index (χ3v) is 3.59. The molecule has 0 spiro atoms. The molecule has 2 unspecified atom stereocenters. The van der Waals surface area contributed by atoms with Gasteiger partial charge in [0.2, 0.25) is 6.54 Å². The summed E-state index contributed by atoms with van der Waals surface area (Å²) in [7, 11) is 0. The van der Waals surface area contributed by atoms with Crippen LogP contribution in [0.4, 0.5) is 0 Å². The topological polar surface area (TPSA) is 66.9 Å². The largest absolute Gasteiger partial charge is 0.265 e. The minimum Gasteiger partial charge on any atom is -0.265 e. The molecule has 1 aromatic carbocycles. The highest BCUT2D eigenvalue weighted by molar-refractivity contribution is 5.22. The minimum absolute atomic E-state index is 0.171. The van der Waals surface area contributed by atoms with Gasteiger partial charge in [0.15, 0.2) is 0 Å². The summed E-state index contributed by atoms with van der Waals surface area (Å²) in [6, 6.07) is 11.7. The van der Waals surface area contributed by atoms with Crippen LogP contribution in [-0.2, 0) is 0 Å². The maximum Gasteiger partial charge on any atom is 0.211 e. The lowest BCUT2D eigenvalue weighted by Crippen LogP contribution is -2.20. The molecule has 0 N–H and O–H groups in total. The van der Waals surface area contributed by atoms with E-state index in [0.717, 1.165) is 37.7 Å². The van der Waals surface area contributed by atoms with Crippen LogP contribution in [-0.4, -0.2) is 11.5 Å². The Balaban J connectivity index is 2.74. The van der Waals surface area contributed by atoms with E-state index in [4.69, 9.17) is 0 Å². The quantitative estimate of drug-likeness (QED) is 0.386. The summed E-state index contributed by atoms with van der Waals surface area (Å²) in [4.78, 5) is 10.6. The number of unbranched alkanes of at least 4 members (excludes halogenated alkanes) is 3. The molecule has 108 valence electrons. The highest BCUT2D eigenvalue weighted by Crippen LogP contribution is 2.28. The molecule has 0 aliphatic heterocycles. The number of hydrogen-bond donors (Lipinski definition) is 0. The molecule has 0 saturated carbocycles. The van der Waals surface area contributed by atoms with E-state index in [9.17, 15) is 15.4 Å². The monoisotopic (exact) mass is 274 g/mol. The van der Waals surface area contributed by atoms with Crippen LogP contribution in [0, 0.1) is 27.4 Å². The van der Waals surface area contributed by atoms with Gasteiger partial charge in [-0.25, -0.2) is 0 Å². The molecule has 0 aliphatic carbocycles. The summed E-state index contributed by atoms with van der Waals surface area (Å²) in [5.74, 6) is -0.586. The van der Waals surface area contributed by atoms with E-state index in [-0.39, 0.29) is 23.3 Å². The second-order valence-corrected chi connectivity index (χ2v) is 5.12. The molecule has 20 heavy (non-hydrogen) atoms. The first kappa shape index (κ1) is 16.2. The van der Waals surface area contributed by atoms with Crippen LogP contribution in [0.5, 0.6) is 0 Å². The van der Waals surface area contributed by atoms with Gasteiger partial charge in [0.05, 0.1) is 17.9 Å². The molecule has 4 nitrogen and oxygen atoms in total. The van der Waals surface area contributed by atoms with Crippen LogP contribution in [0.3, 0.4) is 0 Å². The molecule has 0 heterocycles. The highest BCUT2D eigenvalue weighted by atomic mass is 16.6. The summed E-state index contributed by atoms with van der Waals surface area (Å²) < 4.78 is 0. The molecule has 0 radical (unpaired) electrons. The van der Waals surface area contributed by atoms with Crippen LogP contribution in [0.2, 0.25) is 0 Å². The Morgan fingerprint density at radius 1 is 1.25 bits per heavy atom. The second-order valence-electron chi connectivity index (χ2n) is 5.12. The first-order valence-corrected chi connectivity index (χ1v) is 7.25. The number of hydrogen-bond acceptors (Lipinski definition) is 3. The first-order chi connectivity index (χ1) is 9.69. The van der Waals surface area contributed by atoms with Crippen molar-refractivity contribution >= 4 is 0 Å². The first-order valence-electron chi connectivity index (χ1n) is 7.25. The molecule has 0 saturated heterocycles. The summed E-state index contributed by atoms with van der Waals surface area (Å²) in [6.45, 7) is 1.97. The Bertz CT molecular complexity index is 440. The Kier molecular flexibility index (Phi) is 7.34. The van der Waals surface area contributed by atoms with Gasteiger partial charge in [0.25, 0.3) is 0 Å². The van der Waals surface area contributed by atoms with E-state index in [1.807, 2.05) is 30.3 Å². The highest BCUT2D eigenvalue weighted by Gasteiger charge is 2.27. The number of rotatable bonds is 9. The van der Waals surface area contributed by atoms with E-state index in [0.29, 0.717) is 0 Å². The van der Waals surface area contributed by atoms with Crippen molar-refractivity contribution in [3.63, 3.8) is 0 Å². The number of nitriles is 1. The van der Waals surface area contributed by atoms with E-state index >= 15 is 0 Å². The molecular weight excluding hydrogens is 252 g/mol. The smallest absolute Gasteiger partial charge is 0.211 e. The summed E-state index contributed by atoms with van der Waals surface area (Å²) in [5.41, 5.74) is 0.895. The minimum atomic E-state index is -0.311. The van der Waals surface area contributed by atoms with Gasteiger partial charge in [-0.15, -0.1) is 0 Å². The maximum absolute atomic E-state index is 10.9. The van der Waals surface area contributed by atoms with Gasteiger partial charge in [-0.05, 0) is 12.0 Å². The van der Waals surface area contributed by atoms with Crippen molar-refractivity contribution in [3.8, 4) is 6.07 Å². The van der Waals surface area contributed by atoms with Gasteiger partial charge < -0.3 is 0 Å². The number of benzene rings is 1. The Hall–Kier alpha value is -1.89. The van der Waals surface area contributed by atoms with Gasteiger partial charge >= 0.3 is 0 Å². The Morgan fingerprint density at radius 2 is 1.95 bits per heavy atom. The van der Waals surface area contributed by atoms with Gasteiger partial charge in [-0.3, -0.25) is 10.1 Å². The summed E-state index contributed by atoms with van der Waals surface area (Å²) in [6.07, 6.45) is 5.10. The molecule has 0 bridgehead atoms. The summed E-state index contributed by atoms with van der Waals surface area (Å²) in [5, 5.41) is 20.2. The number of nitro groups is 1. The third kappa shape index (κ3) is 5.40. The second kappa shape index (κ2) is 9.08. The van der Waals surface area contributed by atoms with Crippen molar-refractivity contribution in [2.24, 2.45) is 5.92 Å². The van der Waals surface area contributed by atoms with Gasteiger partial charge in [-0.2, -0.15) is 5.26 Å². The fourth-order valence-corrected chi connectivity index (χ4v) is 2.47. The van der Waals surface area contributed by atoms with E-state index < -0.39 is 0 Å². The average Bonchev–Trinajstić information content (AvgIpc) is 2.46. The molecule has 0 aliphatic rings. The Labute approximate surface area is 120 Å². The zero-order valence-corrected chi connectivity index (χ0v) is 12.0. The van der Waals surface area contributed by atoms with E-state index in [2.05, 4.69) is 13.0 Å². The lowest BCUT2D eigenvalue weighted by molar-refractivity contribution is -0.484. The van der Waals surface area contributed by atoms with E-state index in [1.54, 1.807) is 0 Å². The van der Waals surface area contributed by atoms with Crippen molar-refractivity contribution < 1.29 is 4.92 Å². The van der Waals surface area contributed by atoms with Crippen molar-refractivity contribution in [2.75, 3.05) is 6.54 Å². The van der Waals surface area contributed by atoms with Crippen molar-refractivity contribution in [3.05, 3.63) is 46.0 Å². The molecule has 4 heteroatoms. The molecule has 0 amide bonds. The maximum atomic E-state index is 10.9. The fourth-order valence-electron chi connectivity index (χ4n) is 2.47. The number of nitrogens with zero attached hydrogens (tertiary/aromatic N) is 2. The predicted molar refractivity (Wildman–Crippen MR) is 78.9 cm³/mol. The third-order valence-electron chi connectivity index (χ3n) is 3.59. The summed E-state index contributed by atoms with van der Waals surface area (Å²) >= 11 is 0. The van der Waals surface area contributed by atoms with Crippen LogP contribution >= 0.6 is 0 Å². The fraction of sp³-hybridized carbons (Fsp3) is 0.562. The van der Waals surface area contributed by atoms with Crippen molar-refractivity contribution in [1.82, 2.24) is 0 Å². The average molecular weight is 274 g/mol. The van der Waals surface area contributed by atoms with Crippen molar-refractivity contribution in [1.29, 1.82) is 5.26 Å². The van der Waals surface area contributed by atoms with Crippen LogP contribution in [0.15, 0.2) is 30.3 Å². The molecule has 1 rings (SSSR count). The lowest BCUT2D eigenvalue weighted by atomic mass is 9.83. The molecule has 2 atom stereocenters. The SMILES string of the molecule is CCCCCCC(C#N)C(C[N+](=O)[O-])c1ccccc1. The van der Waals surface area contributed by atoms with Gasteiger partial charge in [0.1, 0.15) is 0 Å². The Morgan fingerprint density at radius 3 is 2.50 bits per heavy atom. The molecular formula is C16H22N2O2. The van der Waals surface area contributed by atoms with Crippen LogP contribution in [0.25, 0.3) is 0 Å². The van der Waals surface area contributed by atoms with Crippen LogP contribution < -0.4 is 0 Å². The van der Waals surface area contributed by atoms with Crippen molar-refractivity contribution in [2.45, 2.75) is 44.9 Å².